The van der Waals surface area contributed by atoms with Crippen LogP contribution in [0.15, 0.2) is 34.8 Å². The lowest BCUT2D eigenvalue weighted by atomic mass is 10.0. The van der Waals surface area contributed by atoms with Gasteiger partial charge in [0, 0.05) is 15.7 Å². The van der Waals surface area contributed by atoms with Crippen LogP contribution < -0.4 is 10.1 Å². The highest BCUT2D eigenvalue weighted by Crippen LogP contribution is 2.28. The van der Waals surface area contributed by atoms with Crippen LogP contribution >= 0.6 is 15.9 Å². The van der Waals surface area contributed by atoms with Crippen molar-refractivity contribution in [1.29, 1.82) is 0 Å². The Hall–Kier alpha value is -1.81. The molecule has 0 atom stereocenters. The summed E-state index contributed by atoms with van der Waals surface area (Å²) in [4.78, 5) is 12.6. The lowest BCUT2D eigenvalue weighted by Crippen LogP contribution is -2.15. The first-order valence-electron chi connectivity index (χ1n) is 7.77. The van der Waals surface area contributed by atoms with Crippen molar-refractivity contribution in [3.8, 4) is 5.75 Å². The van der Waals surface area contributed by atoms with Crippen molar-refractivity contribution in [2.45, 2.75) is 33.6 Å². The Kier molecular flexibility index (Phi) is 5.83. The molecule has 0 aliphatic heterocycles. The number of benzene rings is 2. The molecule has 2 aromatic carbocycles. The van der Waals surface area contributed by atoms with Gasteiger partial charge in [-0.3, -0.25) is 4.79 Å². The number of amides is 1. The topological polar surface area (TPSA) is 38.3 Å². The van der Waals surface area contributed by atoms with E-state index < -0.39 is 0 Å². The van der Waals surface area contributed by atoms with Gasteiger partial charge in [0.15, 0.2) is 0 Å². The second-order valence-corrected chi connectivity index (χ2v) is 6.36. The van der Waals surface area contributed by atoms with E-state index in [-0.39, 0.29) is 5.91 Å². The van der Waals surface area contributed by atoms with Crippen LogP contribution in [0.4, 0.5) is 5.69 Å². The molecule has 23 heavy (non-hydrogen) atoms. The number of halogens is 1. The van der Waals surface area contributed by atoms with Gasteiger partial charge in [0.05, 0.1) is 7.11 Å². The van der Waals surface area contributed by atoms with E-state index in [4.69, 9.17) is 4.74 Å². The average molecular weight is 376 g/mol. The van der Waals surface area contributed by atoms with Crippen LogP contribution in [0.5, 0.6) is 5.75 Å². The lowest BCUT2D eigenvalue weighted by Gasteiger charge is -2.16. The van der Waals surface area contributed by atoms with Gasteiger partial charge in [0.25, 0.3) is 5.91 Å². The standard InChI is InChI=1S/C19H22BrNO2/c1-5-13-10-16(20)11-14(6-2)18(13)21-19(22)15-7-8-17(23-4)12(3)9-15/h7-11H,5-6H2,1-4H3,(H,21,22). The fourth-order valence-electron chi connectivity index (χ4n) is 2.65. The third-order valence-corrected chi connectivity index (χ3v) is 4.38. The van der Waals surface area contributed by atoms with Crippen LogP contribution in [-0.2, 0) is 12.8 Å². The summed E-state index contributed by atoms with van der Waals surface area (Å²) in [7, 11) is 1.63. The third-order valence-electron chi connectivity index (χ3n) is 3.92. The summed E-state index contributed by atoms with van der Waals surface area (Å²) in [5, 5.41) is 3.09. The third kappa shape index (κ3) is 3.94. The second-order valence-electron chi connectivity index (χ2n) is 5.44. The average Bonchev–Trinajstić information content (AvgIpc) is 2.55. The largest absolute Gasteiger partial charge is 0.496 e. The molecule has 0 fully saturated rings. The van der Waals surface area contributed by atoms with Crippen LogP contribution in [0, 0.1) is 6.92 Å². The van der Waals surface area contributed by atoms with Crippen molar-refractivity contribution in [3.63, 3.8) is 0 Å². The molecule has 0 aliphatic rings. The van der Waals surface area contributed by atoms with Gasteiger partial charge in [-0.15, -0.1) is 0 Å². The molecule has 0 heterocycles. The van der Waals surface area contributed by atoms with Crippen LogP contribution in [0.3, 0.4) is 0 Å². The zero-order chi connectivity index (χ0) is 17.0. The Labute approximate surface area is 146 Å². The van der Waals surface area contributed by atoms with Crippen molar-refractivity contribution in [1.82, 2.24) is 0 Å². The van der Waals surface area contributed by atoms with Crippen LogP contribution in [0.2, 0.25) is 0 Å². The van der Waals surface area contributed by atoms with Crippen LogP contribution in [0.25, 0.3) is 0 Å². The van der Waals surface area contributed by atoms with Crippen molar-refractivity contribution < 1.29 is 9.53 Å². The minimum atomic E-state index is -0.0949. The molecule has 0 saturated carbocycles. The minimum Gasteiger partial charge on any atom is -0.496 e. The Bertz CT molecular complexity index is 700. The smallest absolute Gasteiger partial charge is 0.255 e. The Morgan fingerprint density at radius 1 is 1.13 bits per heavy atom. The number of aryl methyl sites for hydroxylation is 3. The monoisotopic (exact) mass is 375 g/mol. The first-order valence-corrected chi connectivity index (χ1v) is 8.56. The van der Waals surface area contributed by atoms with E-state index in [1.54, 1.807) is 13.2 Å². The highest BCUT2D eigenvalue weighted by molar-refractivity contribution is 9.10. The van der Waals surface area contributed by atoms with E-state index in [0.29, 0.717) is 5.56 Å². The molecule has 122 valence electrons. The maximum absolute atomic E-state index is 12.6. The number of anilines is 1. The van der Waals surface area contributed by atoms with Gasteiger partial charge in [-0.05, 0) is 66.8 Å². The number of nitrogens with one attached hydrogen (secondary N) is 1. The van der Waals surface area contributed by atoms with Gasteiger partial charge in [-0.25, -0.2) is 0 Å². The molecule has 0 bridgehead atoms. The van der Waals surface area contributed by atoms with Gasteiger partial charge in [0.1, 0.15) is 5.75 Å². The van der Waals surface area contributed by atoms with Gasteiger partial charge in [0.2, 0.25) is 0 Å². The van der Waals surface area contributed by atoms with E-state index in [1.165, 1.54) is 0 Å². The molecule has 0 radical (unpaired) electrons. The number of hydrogen-bond acceptors (Lipinski definition) is 2. The number of carbonyl (C=O) groups excluding carboxylic acids is 1. The molecule has 0 saturated heterocycles. The summed E-state index contributed by atoms with van der Waals surface area (Å²) in [6.07, 6.45) is 1.73. The summed E-state index contributed by atoms with van der Waals surface area (Å²) < 4.78 is 6.29. The van der Waals surface area contributed by atoms with Crippen molar-refractivity contribution in [2.24, 2.45) is 0 Å². The quantitative estimate of drug-likeness (QED) is 0.784. The maximum Gasteiger partial charge on any atom is 0.255 e. The zero-order valence-corrected chi connectivity index (χ0v) is 15.6. The SMILES string of the molecule is CCc1cc(Br)cc(CC)c1NC(=O)c1ccc(OC)c(C)c1. The summed E-state index contributed by atoms with van der Waals surface area (Å²) in [5.41, 5.74) is 4.78. The molecule has 1 N–H and O–H groups in total. The van der Waals surface area contributed by atoms with E-state index >= 15 is 0 Å². The van der Waals surface area contributed by atoms with Crippen LogP contribution in [-0.4, -0.2) is 13.0 Å². The molecular formula is C19H22BrNO2. The second kappa shape index (κ2) is 7.64. The van der Waals surface area contributed by atoms with Crippen molar-refractivity contribution in [2.75, 3.05) is 12.4 Å². The van der Waals surface area contributed by atoms with E-state index in [0.717, 1.165) is 45.4 Å². The molecule has 2 rings (SSSR count). The molecule has 0 spiro atoms. The maximum atomic E-state index is 12.6. The molecule has 0 unspecified atom stereocenters. The van der Waals surface area contributed by atoms with E-state index in [2.05, 4.69) is 47.2 Å². The number of hydrogen-bond donors (Lipinski definition) is 1. The molecule has 4 heteroatoms. The fraction of sp³-hybridized carbons (Fsp3) is 0.316. The lowest BCUT2D eigenvalue weighted by molar-refractivity contribution is 0.102. The number of ether oxygens (including phenoxy) is 1. The minimum absolute atomic E-state index is 0.0949. The van der Waals surface area contributed by atoms with Gasteiger partial charge in [-0.1, -0.05) is 29.8 Å². The number of carbonyl (C=O) groups is 1. The molecular weight excluding hydrogens is 354 g/mol. The Balaban J connectivity index is 2.35. The van der Waals surface area contributed by atoms with Gasteiger partial charge >= 0.3 is 0 Å². The summed E-state index contributed by atoms with van der Waals surface area (Å²) in [6, 6.07) is 9.59. The Morgan fingerprint density at radius 3 is 2.22 bits per heavy atom. The highest BCUT2D eigenvalue weighted by atomic mass is 79.9. The van der Waals surface area contributed by atoms with Crippen molar-refractivity contribution in [3.05, 3.63) is 57.1 Å². The molecule has 1 amide bonds. The predicted molar refractivity (Wildman–Crippen MR) is 98.6 cm³/mol. The normalized spacial score (nSPS) is 10.5. The Morgan fingerprint density at radius 2 is 1.74 bits per heavy atom. The first-order chi connectivity index (χ1) is 11.0. The first kappa shape index (κ1) is 17.5. The predicted octanol–water partition coefficient (Wildman–Crippen LogP) is 5.14. The van der Waals surface area contributed by atoms with Crippen LogP contribution in [0.1, 0.15) is 40.9 Å². The fourth-order valence-corrected chi connectivity index (χ4v) is 3.20. The molecule has 2 aromatic rings. The molecule has 3 nitrogen and oxygen atoms in total. The van der Waals surface area contributed by atoms with Crippen molar-refractivity contribution >= 4 is 27.5 Å². The molecule has 0 aromatic heterocycles. The number of rotatable bonds is 5. The summed E-state index contributed by atoms with van der Waals surface area (Å²) in [6.45, 7) is 6.12. The van der Waals surface area contributed by atoms with E-state index in [9.17, 15) is 4.79 Å². The zero-order valence-electron chi connectivity index (χ0n) is 14.0. The number of methoxy groups -OCH3 is 1. The van der Waals surface area contributed by atoms with Gasteiger partial charge in [-0.2, -0.15) is 0 Å². The summed E-state index contributed by atoms with van der Waals surface area (Å²) in [5.74, 6) is 0.691. The van der Waals surface area contributed by atoms with Gasteiger partial charge < -0.3 is 10.1 Å². The highest BCUT2D eigenvalue weighted by Gasteiger charge is 2.14. The van der Waals surface area contributed by atoms with E-state index in [1.807, 2.05) is 19.1 Å². The summed E-state index contributed by atoms with van der Waals surface area (Å²) >= 11 is 3.54. The molecule has 0 aliphatic carbocycles.